The second-order valence-corrected chi connectivity index (χ2v) is 8.26. The summed E-state index contributed by atoms with van der Waals surface area (Å²) < 4.78 is 0. The Kier molecular flexibility index (Phi) is 5.16. The highest BCUT2D eigenvalue weighted by Crippen LogP contribution is 2.33. The molecule has 1 aromatic heterocycles. The predicted octanol–water partition coefficient (Wildman–Crippen LogP) is 4.54. The Hall–Kier alpha value is -3.60. The van der Waals surface area contributed by atoms with E-state index in [0.717, 1.165) is 18.7 Å². The number of imidazole rings is 1. The average molecular weight is 411 g/mol. The van der Waals surface area contributed by atoms with E-state index in [-0.39, 0.29) is 11.9 Å². The third-order valence-electron chi connectivity index (χ3n) is 6.13. The molecule has 3 aromatic carbocycles. The minimum atomic E-state index is 0.0781. The number of benzene rings is 3. The van der Waals surface area contributed by atoms with Crippen LogP contribution in [0.1, 0.15) is 23.7 Å². The maximum absolute atomic E-state index is 12.7. The van der Waals surface area contributed by atoms with Gasteiger partial charge < -0.3 is 14.8 Å². The molecule has 2 heterocycles. The van der Waals surface area contributed by atoms with Gasteiger partial charge in [0.1, 0.15) is 0 Å². The first kappa shape index (κ1) is 19.4. The third kappa shape index (κ3) is 4.04. The van der Waals surface area contributed by atoms with Crippen molar-refractivity contribution in [1.29, 1.82) is 0 Å². The monoisotopic (exact) mass is 410 g/mol. The number of hydrogen-bond acceptors (Lipinski definition) is 3. The zero-order valence-corrected chi connectivity index (χ0v) is 17.7. The summed E-state index contributed by atoms with van der Waals surface area (Å²) in [5, 5.41) is 2.41. The van der Waals surface area contributed by atoms with Gasteiger partial charge in [0.15, 0.2) is 0 Å². The van der Waals surface area contributed by atoms with Crippen LogP contribution in [0.5, 0.6) is 0 Å². The fourth-order valence-electron chi connectivity index (χ4n) is 4.61. The van der Waals surface area contributed by atoms with Gasteiger partial charge >= 0.3 is 0 Å². The van der Waals surface area contributed by atoms with Crippen LogP contribution in [0.2, 0.25) is 0 Å². The van der Waals surface area contributed by atoms with Crippen LogP contribution in [-0.4, -0.2) is 33.4 Å². The molecule has 0 radical (unpaired) electrons. The minimum Gasteiger partial charge on any atom is -0.363 e. The van der Waals surface area contributed by atoms with Gasteiger partial charge in [-0.15, -0.1) is 0 Å². The molecular formula is C26H26N4O. The number of carbonyl (C=O) groups is 1. The molecule has 1 aliphatic heterocycles. The Labute approximate surface area is 182 Å². The minimum absolute atomic E-state index is 0.0781. The highest BCUT2D eigenvalue weighted by Gasteiger charge is 2.30. The van der Waals surface area contributed by atoms with Gasteiger partial charge in [0.25, 0.3) is 0 Å². The maximum Gasteiger partial charge on any atom is 0.220 e. The summed E-state index contributed by atoms with van der Waals surface area (Å²) in [6.45, 7) is 3.75. The van der Waals surface area contributed by atoms with Gasteiger partial charge in [-0.1, -0.05) is 54.6 Å². The average Bonchev–Trinajstić information content (AvgIpc) is 3.24. The molecule has 0 saturated heterocycles. The quantitative estimate of drug-likeness (QED) is 0.537. The number of rotatable bonds is 4. The highest BCUT2D eigenvalue weighted by molar-refractivity contribution is 5.88. The molecule has 0 fully saturated rings. The van der Waals surface area contributed by atoms with Gasteiger partial charge in [0, 0.05) is 31.9 Å². The Balaban J connectivity index is 1.59. The van der Waals surface area contributed by atoms with Crippen LogP contribution in [0, 0.1) is 0 Å². The second kappa shape index (κ2) is 8.26. The Morgan fingerprint density at radius 2 is 1.81 bits per heavy atom. The van der Waals surface area contributed by atoms with Gasteiger partial charge in [-0.25, -0.2) is 4.98 Å². The third-order valence-corrected chi connectivity index (χ3v) is 6.13. The molecule has 5 heteroatoms. The number of nitrogens with zero attached hydrogens (tertiary/aromatic N) is 3. The Morgan fingerprint density at radius 3 is 2.52 bits per heavy atom. The fourth-order valence-corrected chi connectivity index (χ4v) is 4.61. The number of hydrogen-bond donors (Lipinski definition) is 1. The number of anilines is 1. The zero-order chi connectivity index (χ0) is 21.2. The van der Waals surface area contributed by atoms with E-state index in [1.54, 1.807) is 13.3 Å². The van der Waals surface area contributed by atoms with Gasteiger partial charge in [-0.2, -0.15) is 0 Å². The van der Waals surface area contributed by atoms with E-state index in [1.165, 1.54) is 27.6 Å². The van der Waals surface area contributed by atoms with Crippen LogP contribution < -0.4 is 4.90 Å². The van der Waals surface area contributed by atoms with Gasteiger partial charge in [-0.05, 0) is 40.5 Å². The number of H-pyrrole nitrogens is 1. The number of carbonyl (C=O) groups excluding carboxylic acids is 1. The van der Waals surface area contributed by atoms with Crippen molar-refractivity contribution in [3.05, 3.63) is 96.1 Å². The molecule has 0 spiro atoms. The molecule has 1 unspecified atom stereocenters. The predicted molar refractivity (Wildman–Crippen MR) is 124 cm³/mol. The van der Waals surface area contributed by atoms with Crippen molar-refractivity contribution in [2.45, 2.75) is 32.5 Å². The molecule has 4 aromatic rings. The number of amides is 1. The normalized spacial score (nSPS) is 16.2. The van der Waals surface area contributed by atoms with Crippen molar-refractivity contribution in [3.63, 3.8) is 0 Å². The SMILES string of the molecule is CC(=O)N1Cc2cc3ccccc3cc2N(Cc2c[nH]cn2)CC1Cc1ccccc1. The summed E-state index contributed by atoms with van der Waals surface area (Å²) in [5.74, 6) is 0.113. The zero-order valence-electron chi connectivity index (χ0n) is 17.7. The van der Waals surface area contributed by atoms with Crippen LogP contribution in [0.4, 0.5) is 5.69 Å². The molecule has 31 heavy (non-hydrogen) atoms. The Morgan fingerprint density at radius 1 is 1.06 bits per heavy atom. The molecule has 0 saturated carbocycles. The molecular weight excluding hydrogens is 384 g/mol. The molecule has 1 N–H and O–H groups in total. The van der Waals surface area contributed by atoms with E-state index in [0.29, 0.717) is 13.1 Å². The lowest BCUT2D eigenvalue weighted by Crippen LogP contribution is -2.44. The lowest BCUT2D eigenvalue weighted by Gasteiger charge is -2.32. The summed E-state index contributed by atoms with van der Waals surface area (Å²) in [7, 11) is 0. The first-order valence-electron chi connectivity index (χ1n) is 10.7. The van der Waals surface area contributed by atoms with Crippen molar-refractivity contribution in [3.8, 4) is 0 Å². The smallest absolute Gasteiger partial charge is 0.220 e. The molecule has 0 aliphatic carbocycles. The highest BCUT2D eigenvalue weighted by atomic mass is 16.2. The van der Waals surface area contributed by atoms with E-state index in [9.17, 15) is 4.79 Å². The summed E-state index contributed by atoms with van der Waals surface area (Å²) in [4.78, 5) is 24.7. The van der Waals surface area contributed by atoms with E-state index in [1.807, 2.05) is 17.2 Å². The largest absolute Gasteiger partial charge is 0.363 e. The van der Waals surface area contributed by atoms with Crippen molar-refractivity contribution >= 4 is 22.4 Å². The molecule has 0 bridgehead atoms. The number of aromatic amines is 1. The topological polar surface area (TPSA) is 52.2 Å². The molecule has 5 nitrogen and oxygen atoms in total. The Bertz CT molecular complexity index is 1190. The summed E-state index contributed by atoms with van der Waals surface area (Å²) in [5.41, 5.74) is 4.60. The van der Waals surface area contributed by atoms with Crippen LogP contribution in [0.3, 0.4) is 0 Å². The van der Waals surface area contributed by atoms with E-state index < -0.39 is 0 Å². The molecule has 1 aliphatic rings. The summed E-state index contributed by atoms with van der Waals surface area (Å²) >= 11 is 0. The second-order valence-electron chi connectivity index (χ2n) is 8.26. The van der Waals surface area contributed by atoms with Crippen molar-refractivity contribution in [2.24, 2.45) is 0 Å². The van der Waals surface area contributed by atoms with E-state index >= 15 is 0 Å². The first-order valence-corrected chi connectivity index (χ1v) is 10.7. The van der Waals surface area contributed by atoms with Crippen LogP contribution >= 0.6 is 0 Å². The van der Waals surface area contributed by atoms with Crippen LogP contribution in [0.25, 0.3) is 10.8 Å². The van der Waals surface area contributed by atoms with Crippen LogP contribution in [-0.2, 0) is 24.3 Å². The van der Waals surface area contributed by atoms with Gasteiger partial charge in [0.05, 0.1) is 24.6 Å². The molecule has 5 rings (SSSR count). The number of aromatic nitrogens is 2. The summed E-state index contributed by atoms with van der Waals surface area (Å²) in [6, 6.07) is 23.4. The standard InChI is InChI=1S/C26H26N4O/c1-19(31)30-15-23-12-21-9-5-6-10-22(21)13-26(23)29(16-24-14-27-18-28-24)17-25(30)11-20-7-3-2-4-8-20/h2-10,12-14,18,25H,11,15-17H2,1H3,(H,27,28). The van der Waals surface area contributed by atoms with Crippen molar-refractivity contribution in [1.82, 2.24) is 14.9 Å². The van der Waals surface area contributed by atoms with Gasteiger partial charge in [0.2, 0.25) is 5.91 Å². The number of fused-ring (bicyclic) bond motifs is 2. The lowest BCUT2D eigenvalue weighted by molar-refractivity contribution is -0.131. The van der Waals surface area contributed by atoms with E-state index in [2.05, 4.69) is 75.5 Å². The van der Waals surface area contributed by atoms with E-state index in [4.69, 9.17) is 0 Å². The molecule has 156 valence electrons. The van der Waals surface area contributed by atoms with Gasteiger partial charge in [-0.3, -0.25) is 4.79 Å². The summed E-state index contributed by atoms with van der Waals surface area (Å²) in [6.07, 6.45) is 4.49. The van der Waals surface area contributed by atoms with Crippen molar-refractivity contribution < 1.29 is 4.79 Å². The molecule has 1 amide bonds. The first-order chi connectivity index (χ1) is 15.2. The number of nitrogens with one attached hydrogen (secondary N) is 1. The fraction of sp³-hybridized carbons (Fsp3) is 0.231. The van der Waals surface area contributed by atoms with Crippen LogP contribution in [0.15, 0.2) is 79.3 Å². The lowest BCUT2D eigenvalue weighted by atomic mass is 10.0. The maximum atomic E-state index is 12.7. The molecule has 1 atom stereocenters. The van der Waals surface area contributed by atoms with Crippen molar-refractivity contribution in [2.75, 3.05) is 11.4 Å².